The van der Waals surface area contributed by atoms with Crippen molar-refractivity contribution in [3.8, 4) is 11.5 Å². The van der Waals surface area contributed by atoms with Crippen LogP contribution in [0.1, 0.15) is 35.6 Å². The molecule has 3 heteroatoms. The first-order valence-electron chi connectivity index (χ1n) is 7.79. The van der Waals surface area contributed by atoms with Crippen LogP contribution in [0.3, 0.4) is 0 Å². The Morgan fingerprint density at radius 3 is 1.68 bits per heavy atom. The third kappa shape index (κ3) is 4.25. The van der Waals surface area contributed by atoms with Gasteiger partial charge in [0.2, 0.25) is 0 Å². The Morgan fingerprint density at radius 1 is 0.818 bits per heavy atom. The molecular weight excluding hydrogens is 274 g/mol. The Kier molecular flexibility index (Phi) is 5.45. The summed E-state index contributed by atoms with van der Waals surface area (Å²) in [5.41, 5.74) is 4.14. The highest BCUT2D eigenvalue weighted by atomic mass is 16.3. The van der Waals surface area contributed by atoms with E-state index in [0.717, 1.165) is 35.2 Å². The molecule has 0 saturated heterocycles. The molecule has 2 rings (SSSR count). The SMILES string of the molecule is CCCN(Cc1cc(C)ccc1O)Cc1cc(C)ccc1O. The highest BCUT2D eigenvalue weighted by Gasteiger charge is 2.12. The van der Waals surface area contributed by atoms with Crippen molar-refractivity contribution >= 4 is 0 Å². The van der Waals surface area contributed by atoms with Crippen LogP contribution in [-0.4, -0.2) is 21.7 Å². The fraction of sp³-hybridized carbons (Fsp3) is 0.368. The minimum atomic E-state index is 0.333. The molecule has 0 aliphatic rings. The summed E-state index contributed by atoms with van der Waals surface area (Å²) in [5.74, 6) is 0.667. The van der Waals surface area contributed by atoms with Gasteiger partial charge in [0.15, 0.2) is 0 Å². The van der Waals surface area contributed by atoms with Gasteiger partial charge in [0.1, 0.15) is 11.5 Å². The third-order valence-electron chi connectivity index (χ3n) is 3.80. The average molecular weight is 299 g/mol. The zero-order valence-electron chi connectivity index (χ0n) is 13.6. The van der Waals surface area contributed by atoms with E-state index in [9.17, 15) is 10.2 Å². The maximum Gasteiger partial charge on any atom is 0.120 e. The molecular formula is C19H25NO2. The van der Waals surface area contributed by atoms with Gasteiger partial charge in [-0.3, -0.25) is 4.90 Å². The number of benzene rings is 2. The molecule has 22 heavy (non-hydrogen) atoms. The van der Waals surface area contributed by atoms with Crippen LogP contribution in [0.25, 0.3) is 0 Å². The van der Waals surface area contributed by atoms with E-state index in [1.165, 1.54) is 0 Å². The van der Waals surface area contributed by atoms with Crippen molar-refractivity contribution in [3.05, 3.63) is 58.7 Å². The molecule has 0 aliphatic carbocycles. The van der Waals surface area contributed by atoms with Gasteiger partial charge < -0.3 is 10.2 Å². The second kappa shape index (κ2) is 7.32. The van der Waals surface area contributed by atoms with Crippen LogP contribution in [0, 0.1) is 13.8 Å². The Bertz CT molecular complexity index is 584. The van der Waals surface area contributed by atoms with Gasteiger partial charge in [-0.15, -0.1) is 0 Å². The average Bonchev–Trinajstić information content (AvgIpc) is 2.47. The molecule has 0 aliphatic heterocycles. The van der Waals surface area contributed by atoms with Crippen LogP contribution < -0.4 is 0 Å². The fourth-order valence-electron chi connectivity index (χ4n) is 2.69. The van der Waals surface area contributed by atoms with Gasteiger partial charge >= 0.3 is 0 Å². The van der Waals surface area contributed by atoms with Crippen molar-refractivity contribution in [2.75, 3.05) is 6.54 Å². The molecule has 0 unspecified atom stereocenters. The molecule has 0 radical (unpaired) electrons. The summed E-state index contributed by atoms with van der Waals surface area (Å²) in [4.78, 5) is 2.25. The molecule has 2 aromatic carbocycles. The number of aromatic hydroxyl groups is 2. The predicted octanol–water partition coefficient (Wildman–Crippen LogP) is 4.13. The highest BCUT2D eigenvalue weighted by molar-refractivity contribution is 5.37. The molecule has 0 spiro atoms. The molecule has 0 saturated carbocycles. The Labute approximate surface area is 132 Å². The molecule has 0 amide bonds. The number of rotatable bonds is 6. The normalized spacial score (nSPS) is 11.1. The lowest BCUT2D eigenvalue weighted by Crippen LogP contribution is -2.23. The first-order chi connectivity index (χ1) is 10.5. The van der Waals surface area contributed by atoms with Crippen molar-refractivity contribution in [2.24, 2.45) is 0 Å². The molecule has 0 atom stereocenters. The van der Waals surface area contributed by atoms with E-state index in [4.69, 9.17) is 0 Å². The molecule has 2 aromatic rings. The van der Waals surface area contributed by atoms with Crippen molar-refractivity contribution in [1.82, 2.24) is 4.90 Å². The molecule has 0 fully saturated rings. The number of aryl methyl sites for hydroxylation is 2. The van der Waals surface area contributed by atoms with Crippen LogP contribution >= 0.6 is 0 Å². The van der Waals surface area contributed by atoms with Gasteiger partial charge in [0.25, 0.3) is 0 Å². The summed E-state index contributed by atoms with van der Waals surface area (Å²) in [6.45, 7) is 8.46. The molecule has 0 bridgehead atoms. The van der Waals surface area contributed by atoms with Crippen molar-refractivity contribution in [2.45, 2.75) is 40.3 Å². The molecule has 3 nitrogen and oxygen atoms in total. The Hall–Kier alpha value is -2.00. The van der Waals surface area contributed by atoms with E-state index in [2.05, 4.69) is 11.8 Å². The van der Waals surface area contributed by atoms with E-state index in [0.29, 0.717) is 24.6 Å². The summed E-state index contributed by atoms with van der Waals surface area (Å²) in [6, 6.07) is 11.4. The summed E-state index contributed by atoms with van der Waals surface area (Å²) in [5, 5.41) is 20.1. The van der Waals surface area contributed by atoms with Gasteiger partial charge in [-0.05, 0) is 38.9 Å². The topological polar surface area (TPSA) is 43.7 Å². The molecule has 0 heterocycles. The number of phenolic OH excluding ortho intramolecular Hbond substituents is 2. The van der Waals surface area contributed by atoms with Crippen LogP contribution in [0.4, 0.5) is 0 Å². The monoisotopic (exact) mass is 299 g/mol. The lowest BCUT2D eigenvalue weighted by molar-refractivity contribution is 0.250. The number of hydrogen-bond acceptors (Lipinski definition) is 3. The Balaban J connectivity index is 2.19. The van der Waals surface area contributed by atoms with Crippen molar-refractivity contribution in [1.29, 1.82) is 0 Å². The smallest absolute Gasteiger partial charge is 0.120 e. The lowest BCUT2D eigenvalue weighted by Gasteiger charge is -2.23. The standard InChI is InChI=1S/C19H25NO2/c1-4-9-20(12-16-10-14(2)5-7-18(16)21)13-17-11-15(3)6-8-19(17)22/h5-8,10-11,21-22H,4,9,12-13H2,1-3H3. The minimum Gasteiger partial charge on any atom is -0.508 e. The van der Waals surface area contributed by atoms with E-state index < -0.39 is 0 Å². The zero-order chi connectivity index (χ0) is 16.1. The van der Waals surface area contributed by atoms with Crippen LogP contribution in [0.5, 0.6) is 11.5 Å². The molecule has 0 aromatic heterocycles. The van der Waals surface area contributed by atoms with E-state index in [-0.39, 0.29) is 0 Å². The number of hydrogen-bond donors (Lipinski definition) is 2. The number of phenols is 2. The van der Waals surface area contributed by atoms with Gasteiger partial charge in [0, 0.05) is 24.2 Å². The molecule has 2 N–H and O–H groups in total. The quantitative estimate of drug-likeness (QED) is 0.843. The van der Waals surface area contributed by atoms with Crippen molar-refractivity contribution < 1.29 is 10.2 Å². The summed E-state index contributed by atoms with van der Waals surface area (Å²) in [6.07, 6.45) is 1.03. The predicted molar refractivity (Wildman–Crippen MR) is 90.1 cm³/mol. The van der Waals surface area contributed by atoms with Crippen LogP contribution in [0.15, 0.2) is 36.4 Å². The summed E-state index contributed by atoms with van der Waals surface area (Å²) in [7, 11) is 0. The maximum absolute atomic E-state index is 10.0. The van der Waals surface area contributed by atoms with Gasteiger partial charge in [-0.2, -0.15) is 0 Å². The summed E-state index contributed by atoms with van der Waals surface area (Å²) >= 11 is 0. The second-order valence-corrected chi connectivity index (χ2v) is 5.97. The van der Waals surface area contributed by atoms with Crippen molar-refractivity contribution in [3.63, 3.8) is 0 Å². The van der Waals surface area contributed by atoms with Gasteiger partial charge in [-0.25, -0.2) is 0 Å². The van der Waals surface area contributed by atoms with E-state index in [1.807, 2.05) is 38.1 Å². The second-order valence-electron chi connectivity index (χ2n) is 5.97. The fourth-order valence-corrected chi connectivity index (χ4v) is 2.69. The minimum absolute atomic E-state index is 0.333. The largest absolute Gasteiger partial charge is 0.508 e. The lowest BCUT2D eigenvalue weighted by atomic mass is 10.1. The first kappa shape index (κ1) is 16.4. The van der Waals surface area contributed by atoms with E-state index in [1.54, 1.807) is 12.1 Å². The first-order valence-corrected chi connectivity index (χ1v) is 7.79. The van der Waals surface area contributed by atoms with Crippen LogP contribution in [-0.2, 0) is 13.1 Å². The molecule has 118 valence electrons. The zero-order valence-corrected chi connectivity index (χ0v) is 13.6. The van der Waals surface area contributed by atoms with E-state index >= 15 is 0 Å². The van der Waals surface area contributed by atoms with Crippen LogP contribution in [0.2, 0.25) is 0 Å². The third-order valence-corrected chi connectivity index (χ3v) is 3.80. The number of nitrogens with zero attached hydrogens (tertiary/aromatic N) is 1. The van der Waals surface area contributed by atoms with Gasteiger partial charge in [0.05, 0.1) is 0 Å². The Morgan fingerprint density at radius 2 is 1.27 bits per heavy atom. The summed E-state index contributed by atoms with van der Waals surface area (Å²) < 4.78 is 0. The maximum atomic E-state index is 10.0. The van der Waals surface area contributed by atoms with Gasteiger partial charge in [-0.1, -0.05) is 42.3 Å². The highest BCUT2D eigenvalue weighted by Crippen LogP contribution is 2.24.